The lowest BCUT2D eigenvalue weighted by molar-refractivity contribution is 0.0266. The summed E-state index contributed by atoms with van der Waals surface area (Å²) in [6, 6.07) is 0.326. The molecule has 0 atom stereocenters. The van der Waals surface area contributed by atoms with Crippen LogP contribution in [0, 0.1) is 13.8 Å². The number of amides is 1. The SMILES string of the molecule is Cc1nc(C)c(C(=O)NCCOC2CCC(N)CC2)o1. The minimum Gasteiger partial charge on any atom is -0.436 e. The molecule has 1 aliphatic carbocycles. The number of ether oxygens (including phenoxy) is 1. The van der Waals surface area contributed by atoms with Gasteiger partial charge in [0.2, 0.25) is 5.76 Å². The van der Waals surface area contributed by atoms with Crippen LogP contribution in [-0.4, -0.2) is 36.2 Å². The number of nitrogens with one attached hydrogen (secondary N) is 1. The van der Waals surface area contributed by atoms with Crippen LogP contribution in [0.1, 0.15) is 47.8 Å². The van der Waals surface area contributed by atoms with E-state index in [1.54, 1.807) is 13.8 Å². The maximum atomic E-state index is 11.9. The van der Waals surface area contributed by atoms with Gasteiger partial charge in [-0.3, -0.25) is 4.79 Å². The standard InChI is InChI=1S/C14H23N3O3/c1-9-13(20-10(2)17-9)14(18)16-7-8-19-12-5-3-11(15)4-6-12/h11-12H,3-8,15H2,1-2H3,(H,16,18). The third-order valence-corrected chi connectivity index (χ3v) is 3.57. The summed E-state index contributed by atoms with van der Waals surface area (Å²) in [6.45, 7) is 4.46. The number of oxazole rings is 1. The smallest absolute Gasteiger partial charge is 0.289 e. The highest BCUT2D eigenvalue weighted by Crippen LogP contribution is 2.19. The van der Waals surface area contributed by atoms with E-state index in [4.69, 9.17) is 14.9 Å². The third kappa shape index (κ3) is 4.05. The minimum absolute atomic E-state index is 0.239. The second kappa shape index (κ2) is 6.85. The molecule has 6 nitrogen and oxygen atoms in total. The Morgan fingerprint density at radius 1 is 1.40 bits per heavy atom. The van der Waals surface area contributed by atoms with E-state index in [9.17, 15) is 4.79 Å². The number of carbonyl (C=O) groups excluding carboxylic acids is 1. The molecule has 1 fully saturated rings. The van der Waals surface area contributed by atoms with E-state index in [1.165, 1.54) is 0 Å². The van der Waals surface area contributed by atoms with Gasteiger partial charge in [-0.1, -0.05) is 0 Å². The predicted octanol–water partition coefficient (Wildman–Crippen LogP) is 1.31. The molecule has 1 aliphatic rings. The van der Waals surface area contributed by atoms with Crippen LogP contribution < -0.4 is 11.1 Å². The fourth-order valence-corrected chi connectivity index (χ4v) is 2.47. The Bertz CT molecular complexity index is 451. The van der Waals surface area contributed by atoms with Crippen LogP contribution in [0.5, 0.6) is 0 Å². The Kier molecular flexibility index (Phi) is 5.14. The molecule has 20 heavy (non-hydrogen) atoms. The van der Waals surface area contributed by atoms with E-state index in [0.29, 0.717) is 30.8 Å². The highest BCUT2D eigenvalue weighted by Gasteiger charge is 2.19. The summed E-state index contributed by atoms with van der Waals surface area (Å²) in [6.07, 6.45) is 4.34. The molecule has 0 saturated heterocycles. The van der Waals surface area contributed by atoms with Gasteiger partial charge in [0, 0.05) is 19.5 Å². The summed E-state index contributed by atoms with van der Waals surface area (Å²) in [5.41, 5.74) is 6.46. The number of rotatable bonds is 5. The van der Waals surface area contributed by atoms with Gasteiger partial charge in [-0.15, -0.1) is 0 Å². The van der Waals surface area contributed by atoms with Crippen molar-refractivity contribution in [2.45, 2.75) is 51.7 Å². The Morgan fingerprint density at radius 3 is 2.70 bits per heavy atom. The normalized spacial score (nSPS) is 22.8. The minimum atomic E-state index is -0.239. The van der Waals surface area contributed by atoms with Crippen LogP contribution >= 0.6 is 0 Å². The highest BCUT2D eigenvalue weighted by atomic mass is 16.5. The van der Waals surface area contributed by atoms with Crippen molar-refractivity contribution in [2.75, 3.05) is 13.2 Å². The highest BCUT2D eigenvalue weighted by molar-refractivity contribution is 5.92. The van der Waals surface area contributed by atoms with Gasteiger partial charge in [-0.25, -0.2) is 4.98 Å². The second-order valence-corrected chi connectivity index (χ2v) is 5.31. The van der Waals surface area contributed by atoms with Crippen molar-refractivity contribution in [3.8, 4) is 0 Å². The molecule has 3 N–H and O–H groups in total. The number of hydrogen-bond acceptors (Lipinski definition) is 5. The van der Waals surface area contributed by atoms with Gasteiger partial charge in [0.15, 0.2) is 5.89 Å². The first-order valence-corrected chi connectivity index (χ1v) is 7.15. The van der Waals surface area contributed by atoms with Crippen molar-refractivity contribution in [2.24, 2.45) is 5.73 Å². The Morgan fingerprint density at radius 2 is 2.10 bits per heavy atom. The molecule has 1 heterocycles. The van der Waals surface area contributed by atoms with Gasteiger partial charge in [0.25, 0.3) is 5.91 Å². The zero-order valence-electron chi connectivity index (χ0n) is 12.1. The number of carbonyl (C=O) groups is 1. The van der Waals surface area contributed by atoms with E-state index >= 15 is 0 Å². The molecular formula is C14H23N3O3. The van der Waals surface area contributed by atoms with Crippen molar-refractivity contribution >= 4 is 5.91 Å². The average Bonchev–Trinajstić information content (AvgIpc) is 2.75. The summed E-state index contributed by atoms with van der Waals surface area (Å²) in [5.74, 6) is 0.547. The molecule has 1 aromatic rings. The molecule has 0 unspecified atom stereocenters. The van der Waals surface area contributed by atoms with E-state index in [1.807, 2.05) is 0 Å². The van der Waals surface area contributed by atoms with Crippen LogP contribution in [0.3, 0.4) is 0 Å². The average molecular weight is 281 g/mol. The lowest BCUT2D eigenvalue weighted by atomic mass is 9.94. The molecule has 1 saturated carbocycles. The summed E-state index contributed by atoms with van der Waals surface area (Å²) in [5, 5.41) is 2.78. The van der Waals surface area contributed by atoms with Gasteiger partial charge in [0.05, 0.1) is 18.4 Å². The maximum absolute atomic E-state index is 11.9. The molecule has 0 aliphatic heterocycles. The number of aromatic nitrogens is 1. The van der Waals surface area contributed by atoms with Gasteiger partial charge < -0.3 is 20.2 Å². The van der Waals surface area contributed by atoms with Gasteiger partial charge in [-0.05, 0) is 32.6 Å². The molecule has 1 amide bonds. The summed E-state index contributed by atoms with van der Waals surface area (Å²) in [7, 11) is 0. The molecule has 6 heteroatoms. The largest absolute Gasteiger partial charge is 0.436 e. The van der Waals surface area contributed by atoms with Crippen molar-refractivity contribution in [3.63, 3.8) is 0 Å². The monoisotopic (exact) mass is 281 g/mol. The predicted molar refractivity (Wildman–Crippen MR) is 74.5 cm³/mol. The maximum Gasteiger partial charge on any atom is 0.289 e. The molecule has 1 aromatic heterocycles. The third-order valence-electron chi connectivity index (χ3n) is 3.57. The Hall–Kier alpha value is -1.40. The lowest BCUT2D eigenvalue weighted by Gasteiger charge is -2.26. The van der Waals surface area contributed by atoms with Crippen LogP contribution in [0.25, 0.3) is 0 Å². The molecule has 0 bridgehead atoms. The summed E-state index contributed by atoms with van der Waals surface area (Å²) >= 11 is 0. The van der Waals surface area contributed by atoms with Crippen molar-refractivity contribution in [1.29, 1.82) is 0 Å². The van der Waals surface area contributed by atoms with Crippen LogP contribution in [0.2, 0.25) is 0 Å². The zero-order chi connectivity index (χ0) is 14.5. The van der Waals surface area contributed by atoms with E-state index < -0.39 is 0 Å². The fraction of sp³-hybridized carbons (Fsp3) is 0.714. The van der Waals surface area contributed by atoms with Crippen molar-refractivity contribution < 1.29 is 13.9 Å². The molecule has 0 spiro atoms. The summed E-state index contributed by atoms with van der Waals surface area (Å²) in [4.78, 5) is 15.9. The van der Waals surface area contributed by atoms with Crippen LogP contribution in [0.15, 0.2) is 4.42 Å². The number of aryl methyl sites for hydroxylation is 2. The zero-order valence-corrected chi connectivity index (χ0v) is 12.1. The Balaban J connectivity index is 1.66. The Labute approximate surface area is 119 Å². The number of hydrogen-bond donors (Lipinski definition) is 2. The fourth-order valence-electron chi connectivity index (χ4n) is 2.47. The van der Waals surface area contributed by atoms with Gasteiger partial charge in [0.1, 0.15) is 0 Å². The van der Waals surface area contributed by atoms with Gasteiger partial charge >= 0.3 is 0 Å². The number of nitrogens with zero attached hydrogens (tertiary/aromatic N) is 1. The first kappa shape index (κ1) is 15.0. The van der Waals surface area contributed by atoms with Crippen molar-refractivity contribution in [1.82, 2.24) is 10.3 Å². The van der Waals surface area contributed by atoms with Gasteiger partial charge in [-0.2, -0.15) is 0 Å². The second-order valence-electron chi connectivity index (χ2n) is 5.31. The first-order valence-electron chi connectivity index (χ1n) is 7.15. The topological polar surface area (TPSA) is 90.4 Å². The lowest BCUT2D eigenvalue weighted by Crippen LogP contribution is -2.33. The summed E-state index contributed by atoms with van der Waals surface area (Å²) < 4.78 is 11.0. The van der Waals surface area contributed by atoms with E-state index in [2.05, 4.69) is 10.3 Å². The van der Waals surface area contributed by atoms with Crippen LogP contribution in [-0.2, 0) is 4.74 Å². The van der Waals surface area contributed by atoms with Crippen molar-refractivity contribution in [3.05, 3.63) is 17.3 Å². The molecule has 0 aromatic carbocycles. The van der Waals surface area contributed by atoms with Crippen LogP contribution in [0.4, 0.5) is 0 Å². The molecular weight excluding hydrogens is 258 g/mol. The number of nitrogens with two attached hydrogens (primary N) is 1. The molecule has 2 rings (SSSR count). The quantitative estimate of drug-likeness (QED) is 0.794. The molecule has 112 valence electrons. The van der Waals surface area contributed by atoms with E-state index in [0.717, 1.165) is 25.7 Å². The molecule has 0 radical (unpaired) electrons. The van der Waals surface area contributed by atoms with E-state index in [-0.39, 0.29) is 17.8 Å². The first-order chi connectivity index (χ1) is 9.56.